The average molecular weight is 332 g/mol. The maximum absolute atomic E-state index is 6.08. The first-order valence-corrected chi connectivity index (χ1v) is 8.25. The number of halogens is 1. The van der Waals surface area contributed by atoms with Gasteiger partial charge in [0, 0.05) is 6.04 Å². The van der Waals surface area contributed by atoms with E-state index in [1.165, 1.54) is 41.5 Å². The van der Waals surface area contributed by atoms with E-state index in [4.69, 9.17) is 4.74 Å². The molecule has 1 atom stereocenters. The molecule has 0 amide bonds. The van der Waals surface area contributed by atoms with E-state index in [0.717, 1.165) is 12.3 Å². The average Bonchev–Trinajstić information content (AvgIpc) is 2.56. The molecule has 2 aromatic rings. The van der Waals surface area contributed by atoms with Gasteiger partial charge in [-0.15, -0.1) is 12.4 Å². The number of aryl methyl sites for hydroxylation is 2. The molecule has 0 radical (unpaired) electrons. The molecule has 0 saturated carbocycles. The Kier molecular flexibility index (Phi) is 6.49. The summed E-state index contributed by atoms with van der Waals surface area (Å²) in [6.07, 6.45) is 3.86. The summed E-state index contributed by atoms with van der Waals surface area (Å²) in [5.74, 6) is 1.03. The van der Waals surface area contributed by atoms with Crippen molar-refractivity contribution in [3.05, 3.63) is 64.7 Å². The van der Waals surface area contributed by atoms with Gasteiger partial charge in [0.1, 0.15) is 12.4 Å². The van der Waals surface area contributed by atoms with Crippen LogP contribution in [0.5, 0.6) is 5.75 Å². The molecule has 1 heterocycles. The third-order valence-corrected chi connectivity index (χ3v) is 4.42. The lowest BCUT2D eigenvalue weighted by Crippen LogP contribution is -2.26. The Hall–Kier alpha value is -1.51. The number of nitrogens with one attached hydrogen (secondary N) is 1. The van der Waals surface area contributed by atoms with Gasteiger partial charge >= 0.3 is 0 Å². The fraction of sp³-hybridized carbons (Fsp3) is 0.400. The normalized spacial score (nSPS) is 17.4. The summed E-state index contributed by atoms with van der Waals surface area (Å²) in [6, 6.07) is 15.4. The van der Waals surface area contributed by atoms with E-state index in [1.54, 1.807) is 0 Å². The van der Waals surface area contributed by atoms with Crippen LogP contribution in [0.2, 0.25) is 0 Å². The third-order valence-electron chi connectivity index (χ3n) is 4.42. The molecule has 1 fully saturated rings. The van der Waals surface area contributed by atoms with E-state index >= 15 is 0 Å². The Balaban J connectivity index is 0.00000192. The molecule has 1 aliphatic rings. The summed E-state index contributed by atoms with van der Waals surface area (Å²) in [4.78, 5) is 0. The molecule has 0 spiro atoms. The minimum atomic E-state index is 0. The molecule has 1 N–H and O–H groups in total. The van der Waals surface area contributed by atoms with Crippen molar-refractivity contribution in [1.29, 1.82) is 0 Å². The van der Waals surface area contributed by atoms with Gasteiger partial charge in [-0.3, -0.25) is 0 Å². The van der Waals surface area contributed by atoms with Gasteiger partial charge in [-0.1, -0.05) is 48.9 Å². The van der Waals surface area contributed by atoms with E-state index in [1.807, 2.05) is 6.07 Å². The number of piperidine rings is 1. The lowest BCUT2D eigenvalue weighted by atomic mass is 9.94. The molecule has 1 aliphatic heterocycles. The zero-order valence-electron chi connectivity index (χ0n) is 14.0. The van der Waals surface area contributed by atoms with Crippen molar-refractivity contribution >= 4 is 12.4 Å². The van der Waals surface area contributed by atoms with Crippen LogP contribution in [-0.4, -0.2) is 6.54 Å². The van der Waals surface area contributed by atoms with Gasteiger partial charge < -0.3 is 10.1 Å². The van der Waals surface area contributed by atoms with Crippen molar-refractivity contribution in [3.8, 4) is 5.75 Å². The fourth-order valence-electron chi connectivity index (χ4n) is 3.28. The van der Waals surface area contributed by atoms with Crippen LogP contribution in [0, 0.1) is 13.8 Å². The molecular formula is C20H26ClNO. The van der Waals surface area contributed by atoms with Crippen LogP contribution in [0.4, 0.5) is 0 Å². The summed E-state index contributed by atoms with van der Waals surface area (Å²) in [5, 5.41) is 3.63. The Labute approximate surface area is 145 Å². The first-order chi connectivity index (χ1) is 10.7. The van der Waals surface area contributed by atoms with Crippen LogP contribution in [0.15, 0.2) is 42.5 Å². The van der Waals surface area contributed by atoms with Crippen molar-refractivity contribution in [2.24, 2.45) is 0 Å². The summed E-state index contributed by atoms with van der Waals surface area (Å²) in [7, 11) is 0. The lowest BCUT2D eigenvalue weighted by Gasteiger charge is -2.25. The molecule has 0 bridgehead atoms. The predicted molar refractivity (Wildman–Crippen MR) is 98.5 cm³/mol. The van der Waals surface area contributed by atoms with E-state index < -0.39 is 0 Å². The molecule has 2 aromatic carbocycles. The summed E-state index contributed by atoms with van der Waals surface area (Å²) < 4.78 is 6.08. The summed E-state index contributed by atoms with van der Waals surface area (Å²) in [6.45, 7) is 6.07. The monoisotopic (exact) mass is 331 g/mol. The number of benzene rings is 2. The van der Waals surface area contributed by atoms with Crippen molar-refractivity contribution in [1.82, 2.24) is 5.32 Å². The molecule has 0 aliphatic carbocycles. The molecular weight excluding hydrogens is 306 g/mol. The zero-order chi connectivity index (χ0) is 15.4. The highest BCUT2D eigenvalue weighted by molar-refractivity contribution is 5.85. The van der Waals surface area contributed by atoms with Gasteiger partial charge in [-0.25, -0.2) is 0 Å². The van der Waals surface area contributed by atoms with E-state index in [9.17, 15) is 0 Å². The highest BCUT2D eigenvalue weighted by Crippen LogP contribution is 2.31. The molecule has 23 heavy (non-hydrogen) atoms. The van der Waals surface area contributed by atoms with Crippen molar-refractivity contribution in [3.63, 3.8) is 0 Å². The van der Waals surface area contributed by atoms with Crippen LogP contribution >= 0.6 is 12.4 Å². The van der Waals surface area contributed by atoms with Gasteiger partial charge in [-0.2, -0.15) is 0 Å². The molecule has 0 unspecified atom stereocenters. The number of rotatable bonds is 4. The zero-order valence-corrected chi connectivity index (χ0v) is 14.8. The highest BCUT2D eigenvalue weighted by Gasteiger charge is 2.17. The van der Waals surface area contributed by atoms with Crippen molar-refractivity contribution in [2.45, 2.75) is 45.8 Å². The molecule has 3 rings (SSSR count). The third kappa shape index (κ3) is 4.49. The largest absolute Gasteiger partial charge is 0.488 e. The quantitative estimate of drug-likeness (QED) is 0.839. The van der Waals surface area contributed by atoms with Crippen LogP contribution < -0.4 is 10.1 Å². The summed E-state index contributed by atoms with van der Waals surface area (Å²) in [5.41, 5.74) is 5.08. The minimum Gasteiger partial charge on any atom is -0.488 e. The Morgan fingerprint density at radius 3 is 2.35 bits per heavy atom. The van der Waals surface area contributed by atoms with Gasteiger partial charge in [0.05, 0.1) is 0 Å². The van der Waals surface area contributed by atoms with Crippen LogP contribution in [0.1, 0.15) is 47.6 Å². The minimum absolute atomic E-state index is 0. The first-order valence-electron chi connectivity index (χ1n) is 8.25. The smallest absolute Gasteiger partial charge is 0.125 e. The standard InChI is InChI=1S/C20H25NO.ClH/c1-15-12-18(19-10-6-7-11-21-19)13-16(2)20(15)22-14-17-8-4-3-5-9-17;/h3-5,8-9,12-13,19,21H,6-7,10-11,14H2,1-2H3;1H/t19-;/m0./s1. The van der Waals surface area contributed by atoms with E-state index in [-0.39, 0.29) is 12.4 Å². The van der Waals surface area contributed by atoms with Gasteiger partial charge in [0.2, 0.25) is 0 Å². The van der Waals surface area contributed by atoms with E-state index in [0.29, 0.717) is 12.6 Å². The second-order valence-electron chi connectivity index (χ2n) is 6.26. The number of hydrogen-bond donors (Lipinski definition) is 1. The predicted octanol–water partition coefficient (Wildman–Crippen LogP) is 5.12. The topological polar surface area (TPSA) is 21.3 Å². The second-order valence-corrected chi connectivity index (χ2v) is 6.26. The number of ether oxygens (including phenoxy) is 1. The van der Waals surface area contributed by atoms with Crippen LogP contribution in [-0.2, 0) is 6.61 Å². The Morgan fingerprint density at radius 2 is 1.74 bits per heavy atom. The maximum atomic E-state index is 6.08. The molecule has 0 aromatic heterocycles. The first kappa shape index (κ1) is 17.8. The van der Waals surface area contributed by atoms with Gasteiger partial charge in [-0.05, 0) is 55.5 Å². The number of hydrogen-bond acceptors (Lipinski definition) is 2. The van der Waals surface area contributed by atoms with Crippen LogP contribution in [0.25, 0.3) is 0 Å². The maximum Gasteiger partial charge on any atom is 0.125 e. The van der Waals surface area contributed by atoms with Gasteiger partial charge in [0.25, 0.3) is 0 Å². The molecule has 124 valence electrons. The highest BCUT2D eigenvalue weighted by atomic mass is 35.5. The molecule has 3 heteroatoms. The summed E-state index contributed by atoms with van der Waals surface area (Å²) >= 11 is 0. The van der Waals surface area contributed by atoms with E-state index in [2.05, 4.69) is 55.6 Å². The van der Waals surface area contributed by atoms with Crippen molar-refractivity contribution in [2.75, 3.05) is 6.54 Å². The molecule has 1 saturated heterocycles. The van der Waals surface area contributed by atoms with Crippen LogP contribution in [0.3, 0.4) is 0 Å². The fourth-order valence-corrected chi connectivity index (χ4v) is 3.28. The van der Waals surface area contributed by atoms with Gasteiger partial charge in [0.15, 0.2) is 0 Å². The Bertz CT molecular complexity index is 598. The molecule has 2 nitrogen and oxygen atoms in total. The SMILES string of the molecule is Cc1cc([C@@H]2CCCCN2)cc(C)c1OCc1ccccc1.Cl. The Morgan fingerprint density at radius 1 is 1.04 bits per heavy atom. The second kappa shape index (κ2) is 8.37. The lowest BCUT2D eigenvalue weighted by molar-refractivity contribution is 0.301. The van der Waals surface area contributed by atoms with Crippen molar-refractivity contribution < 1.29 is 4.74 Å².